The van der Waals surface area contributed by atoms with E-state index in [4.69, 9.17) is 14.2 Å². The van der Waals surface area contributed by atoms with Crippen LogP contribution in [-0.4, -0.2) is 31.2 Å². The summed E-state index contributed by atoms with van der Waals surface area (Å²) in [5.41, 5.74) is 2.25. The normalized spacial score (nSPS) is 17.2. The lowest BCUT2D eigenvalue weighted by Gasteiger charge is -2.29. The Hall–Kier alpha value is -4.86. The molecule has 0 N–H and O–H groups in total. The molecule has 0 aliphatic carbocycles. The summed E-state index contributed by atoms with van der Waals surface area (Å²) in [6, 6.07) is 20.0. The lowest BCUT2D eigenvalue weighted by atomic mass is 9.79. The van der Waals surface area contributed by atoms with Crippen molar-refractivity contribution in [3.63, 3.8) is 0 Å². The molecule has 0 saturated carbocycles. The second-order valence-corrected chi connectivity index (χ2v) is 8.23. The first kappa shape index (κ1) is 25.2. The largest absolute Gasteiger partial charge is 0.499 e. The van der Waals surface area contributed by atoms with Crippen LogP contribution in [0.3, 0.4) is 0 Å². The van der Waals surface area contributed by atoms with Gasteiger partial charge in [-0.25, -0.2) is 0 Å². The summed E-state index contributed by atoms with van der Waals surface area (Å²) >= 11 is 0. The van der Waals surface area contributed by atoms with Gasteiger partial charge in [0.2, 0.25) is 0 Å². The molecule has 10 heteroatoms. The van der Waals surface area contributed by atoms with E-state index < -0.39 is 21.7 Å². The highest BCUT2D eigenvalue weighted by Gasteiger charge is 2.36. The first-order chi connectivity index (χ1) is 17.9. The third-order valence-electron chi connectivity index (χ3n) is 6.25. The quantitative estimate of drug-likeness (QED) is 0.276. The average Bonchev–Trinajstić information content (AvgIpc) is 3.10. The van der Waals surface area contributed by atoms with Gasteiger partial charge in [-0.15, -0.1) is 0 Å². The van der Waals surface area contributed by atoms with E-state index in [0.717, 1.165) is 16.8 Å². The maximum atomic E-state index is 11.3. The van der Waals surface area contributed by atoms with Crippen LogP contribution in [0.4, 0.5) is 17.1 Å². The molecule has 0 fully saturated rings. The Labute approximate surface area is 213 Å². The van der Waals surface area contributed by atoms with Gasteiger partial charge in [-0.1, -0.05) is 24.3 Å². The Morgan fingerprint density at radius 3 is 1.35 bits per heavy atom. The van der Waals surface area contributed by atoms with E-state index in [1.807, 2.05) is 41.6 Å². The van der Waals surface area contributed by atoms with Crippen LogP contribution in [0, 0.1) is 20.2 Å². The summed E-state index contributed by atoms with van der Waals surface area (Å²) in [5.74, 6) is 0.925. The fourth-order valence-electron chi connectivity index (χ4n) is 4.38. The zero-order valence-corrected chi connectivity index (χ0v) is 20.4. The molecular formula is C27H25N3O7. The predicted octanol–water partition coefficient (Wildman–Crippen LogP) is 5.87. The summed E-state index contributed by atoms with van der Waals surface area (Å²) in [6.07, 6.45) is 3.66. The maximum absolute atomic E-state index is 11.3. The minimum Gasteiger partial charge on any atom is -0.499 e. The molecule has 0 spiro atoms. The Kier molecular flexibility index (Phi) is 7.38. The van der Waals surface area contributed by atoms with Crippen molar-refractivity contribution >= 4 is 17.1 Å². The Bertz CT molecular complexity index is 1250. The molecule has 3 aromatic carbocycles. The lowest BCUT2D eigenvalue weighted by Crippen LogP contribution is -2.17. The smallest absolute Gasteiger partial charge is 0.269 e. The Morgan fingerprint density at radius 1 is 0.622 bits per heavy atom. The second-order valence-electron chi connectivity index (χ2n) is 8.23. The van der Waals surface area contributed by atoms with Crippen LogP contribution >= 0.6 is 0 Å². The maximum Gasteiger partial charge on any atom is 0.269 e. The molecule has 1 aliphatic rings. The lowest BCUT2D eigenvalue weighted by molar-refractivity contribution is -0.385. The zero-order chi connectivity index (χ0) is 26.5. The number of ether oxygens (including phenoxy) is 3. The summed E-state index contributed by atoms with van der Waals surface area (Å²) in [5, 5.41) is 22.5. The number of nitro benzene ring substituents is 2. The molecule has 4 rings (SSSR count). The third-order valence-corrected chi connectivity index (χ3v) is 6.25. The molecule has 0 aromatic heterocycles. The predicted molar refractivity (Wildman–Crippen MR) is 137 cm³/mol. The van der Waals surface area contributed by atoms with Crippen molar-refractivity contribution < 1.29 is 24.1 Å². The first-order valence-corrected chi connectivity index (χ1v) is 11.3. The molecule has 0 unspecified atom stereocenters. The van der Waals surface area contributed by atoms with Gasteiger partial charge in [-0.05, 0) is 35.4 Å². The summed E-state index contributed by atoms with van der Waals surface area (Å²) in [4.78, 5) is 23.5. The van der Waals surface area contributed by atoms with E-state index in [2.05, 4.69) is 0 Å². The van der Waals surface area contributed by atoms with Gasteiger partial charge in [0.25, 0.3) is 11.4 Å². The van der Waals surface area contributed by atoms with Gasteiger partial charge in [0.15, 0.2) is 0 Å². The van der Waals surface area contributed by atoms with Crippen molar-refractivity contribution in [1.29, 1.82) is 0 Å². The number of hydrogen-bond acceptors (Lipinski definition) is 8. The molecule has 1 aliphatic heterocycles. The van der Waals surface area contributed by atoms with Gasteiger partial charge in [-0.2, -0.15) is 0 Å². The molecular weight excluding hydrogens is 478 g/mol. The molecule has 37 heavy (non-hydrogen) atoms. The van der Waals surface area contributed by atoms with Gasteiger partial charge >= 0.3 is 0 Å². The van der Waals surface area contributed by atoms with Crippen LogP contribution in [0.25, 0.3) is 0 Å². The van der Waals surface area contributed by atoms with Crippen molar-refractivity contribution in [3.05, 3.63) is 128 Å². The topological polar surface area (TPSA) is 117 Å². The van der Waals surface area contributed by atoms with E-state index in [-0.39, 0.29) is 11.4 Å². The van der Waals surface area contributed by atoms with E-state index in [1.165, 1.54) is 24.3 Å². The number of nitro groups is 2. The molecule has 2 atom stereocenters. The Morgan fingerprint density at radius 2 is 1.03 bits per heavy atom. The van der Waals surface area contributed by atoms with Crippen molar-refractivity contribution in [2.24, 2.45) is 0 Å². The van der Waals surface area contributed by atoms with Crippen molar-refractivity contribution in [2.45, 2.75) is 11.8 Å². The summed E-state index contributed by atoms with van der Waals surface area (Å²) < 4.78 is 17.0. The molecule has 1 heterocycles. The molecule has 10 nitrogen and oxygen atoms in total. The fraction of sp³-hybridized carbons (Fsp3) is 0.185. The SMILES string of the molecule is COC1=CN(c2ccc(OC)cc2)C=C(OC)[C@@H](c2ccc([N+](=O)[O-])cc2)[C@@H]1c1ccc([N+](=O)[O-])cc1. The zero-order valence-electron chi connectivity index (χ0n) is 20.4. The number of methoxy groups -OCH3 is 3. The second kappa shape index (κ2) is 10.8. The van der Waals surface area contributed by atoms with Crippen molar-refractivity contribution in [1.82, 2.24) is 0 Å². The van der Waals surface area contributed by atoms with E-state index in [0.29, 0.717) is 17.3 Å². The highest BCUT2D eigenvalue weighted by atomic mass is 16.6. The number of anilines is 1. The van der Waals surface area contributed by atoms with Gasteiger partial charge in [-0.3, -0.25) is 20.2 Å². The van der Waals surface area contributed by atoms with Gasteiger partial charge in [0.05, 0.1) is 43.0 Å². The van der Waals surface area contributed by atoms with Crippen LogP contribution in [0.15, 0.2) is 96.7 Å². The molecule has 190 valence electrons. The number of allylic oxidation sites excluding steroid dienone is 2. The van der Waals surface area contributed by atoms with Crippen LogP contribution < -0.4 is 9.64 Å². The van der Waals surface area contributed by atoms with Gasteiger partial charge < -0.3 is 19.1 Å². The van der Waals surface area contributed by atoms with Crippen LogP contribution in [0.5, 0.6) is 5.75 Å². The van der Waals surface area contributed by atoms with Crippen LogP contribution in [0.2, 0.25) is 0 Å². The van der Waals surface area contributed by atoms with Crippen molar-refractivity contribution in [3.8, 4) is 5.75 Å². The highest BCUT2D eigenvalue weighted by molar-refractivity contribution is 5.57. The number of nitrogens with zero attached hydrogens (tertiary/aromatic N) is 3. The molecule has 0 saturated heterocycles. The fourth-order valence-corrected chi connectivity index (χ4v) is 4.38. The minimum atomic E-state index is -0.457. The highest BCUT2D eigenvalue weighted by Crippen LogP contribution is 2.46. The standard InChI is InChI=1S/C27H25N3O7/c1-35-23-14-12-20(13-15-23)28-16-24(36-2)26(18-4-8-21(9-5-18)29(31)32)27(25(17-28)37-3)19-6-10-22(11-7-19)30(33)34/h4-17,26-27H,1-3H3/t26-,27-/m1/s1. The Balaban J connectivity index is 1.91. The number of rotatable bonds is 8. The molecule has 0 radical (unpaired) electrons. The van der Waals surface area contributed by atoms with E-state index in [1.54, 1.807) is 45.6 Å². The minimum absolute atomic E-state index is 0.0328. The monoisotopic (exact) mass is 503 g/mol. The van der Waals surface area contributed by atoms with Gasteiger partial charge in [0, 0.05) is 42.4 Å². The van der Waals surface area contributed by atoms with Crippen molar-refractivity contribution in [2.75, 3.05) is 26.2 Å². The molecule has 0 amide bonds. The molecule has 0 bridgehead atoms. The number of non-ortho nitro benzene ring substituents is 2. The number of benzene rings is 3. The van der Waals surface area contributed by atoms with Crippen LogP contribution in [-0.2, 0) is 9.47 Å². The first-order valence-electron chi connectivity index (χ1n) is 11.3. The summed E-state index contributed by atoms with van der Waals surface area (Å²) in [7, 11) is 4.71. The third kappa shape index (κ3) is 5.22. The molecule has 3 aromatic rings. The van der Waals surface area contributed by atoms with Gasteiger partial charge in [0.1, 0.15) is 17.3 Å². The van der Waals surface area contributed by atoms with E-state index >= 15 is 0 Å². The average molecular weight is 504 g/mol. The van der Waals surface area contributed by atoms with Crippen LogP contribution in [0.1, 0.15) is 23.0 Å². The number of hydrogen-bond donors (Lipinski definition) is 0. The summed E-state index contributed by atoms with van der Waals surface area (Å²) in [6.45, 7) is 0. The van der Waals surface area contributed by atoms with E-state index in [9.17, 15) is 20.2 Å².